The second-order valence-electron chi connectivity index (χ2n) is 3.61. The monoisotopic (exact) mass is 226 g/mol. The molecule has 0 spiro atoms. The van der Waals surface area contributed by atoms with Gasteiger partial charge in [-0.15, -0.1) is 0 Å². The number of rotatable bonds is 5. The molecule has 1 unspecified atom stereocenters. The second-order valence-corrected chi connectivity index (χ2v) is 4.94. The lowest BCUT2D eigenvalue weighted by atomic mass is 10.1. The first-order valence-corrected chi connectivity index (χ1v) is 6.81. The van der Waals surface area contributed by atoms with Gasteiger partial charge in [0.25, 0.3) is 0 Å². The molecule has 0 heterocycles. The maximum absolute atomic E-state index is 9.58. The van der Waals surface area contributed by atoms with Crippen molar-refractivity contribution in [2.45, 2.75) is 33.6 Å². The summed E-state index contributed by atoms with van der Waals surface area (Å²) in [5.41, 5.74) is 2.56. The van der Waals surface area contributed by atoms with E-state index in [4.69, 9.17) is 4.52 Å². The smallest absolute Gasteiger partial charge is 0.227 e. The molecule has 1 aromatic rings. The lowest BCUT2D eigenvalue weighted by Gasteiger charge is -2.12. The summed E-state index contributed by atoms with van der Waals surface area (Å²) in [5.74, 6) is 0.791. The summed E-state index contributed by atoms with van der Waals surface area (Å²) in [7, 11) is -1.28. The summed E-state index contributed by atoms with van der Waals surface area (Å²) in [6.07, 6.45) is 2.69. The van der Waals surface area contributed by atoms with E-state index in [0.717, 1.165) is 24.8 Å². The van der Waals surface area contributed by atoms with Crippen molar-refractivity contribution < 1.29 is 9.42 Å². The van der Waals surface area contributed by atoms with Gasteiger partial charge < -0.3 is 9.42 Å². The fourth-order valence-electron chi connectivity index (χ4n) is 1.44. The SMILES string of the molecule is CCCP(O)Oc1ccc(C)c(CC)c1. The number of hydrogen-bond acceptors (Lipinski definition) is 2. The molecule has 0 bridgehead atoms. The summed E-state index contributed by atoms with van der Waals surface area (Å²) < 4.78 is 5.47. The highest BCUT2D eigenvalue weighted by Crippen LogP contribution is 2.34. The Morgan fingerprint density at radius 2 is 2.07 bits per heavy atom. The third-order valence-corrected chi connectivity index (χ3v) is 3.58. The lowest BCUT2D eigenvalue weighted by Crippen LogP contribution is -1.93. The molecule has 2 nitrogen and oxygen atoms in total. The maximum atomic E-state index is 9.58. The van der Waals surface area contributed by atoms with E-state index in [-0.39, 0.29) is 0 Å². The minimum absolute atomic E-state index is 0.741. The predicted molar refractivity (Wildman–Crippen MR) is 65.5 cm³/mol. The van der Waals surface area contributed by atoms with Crippen LogP contribution in [0.15, 0.2) is 18.2 Å². The minimum Gasteiger partial charge on any atom is -0.447 e. The average molecular weight is 226 g/mol. The Hall–Kier alpha value is -0.590. The number of benzene rings is 1. The highest BCUT2D eigenvalue weighted by atomic mass is 31.2. The van der Waals surface area contributed by atoms with E-state index in [1.54, 1.807) is 0 Å². The van der Waals surface area contributed by atoms with E-state index < -0.39 is 8.38 Å². The molecular weight excluding hydrogens is 207 g/mol. The van der Waals surface area contributed by atoms with Crippen LogP contribution in [-0.2, 0) is 6.42 Å². The molecule has 0 fully saturated rings. The van der Waals surface area contributed by atoms with Gasteiger partial charge in [-0.05, 0) is 43.0 Å². The van der Waals surface area contributed by atoms with E-state index in [1.165, 1.54) is 11.1 Å². The molecule has 0 radical (unpaired) electrons. The first kappa shape index (κ1) is 12.5. The van der Waals surface area contributed by atoms with Crippen LogP contribution in [-0.4, -0.2) is 11.1 Å². The minimum atomic E-state index is -1.28. The Kier molecular flexibility index (Phi) is 5.07. The van der Waals surface area contributed by atoms with E-state index in [0.29, 0.717) is 0 Å². The third-order valence-electron chi connectivity index (χ3n) is 2.33. The van der Waals surface area contributed by atoms with E-state index in [9.17, 15) is 4.89 Å². The van der Waals surface area contributed by atoms with E-state index >= 15 is 0 Å². The van der Waals surface area contributed by atoms with E-state index in [1.807, 2.05) is 25.1 Å². The molecule has 3 heteroatoms. The quantitative estimate of drug-likeness (QED) is 0.776. The van der Waals surface area contributed by atoms with Crippen molar-refractivity contribution in [2.75, 3.05) is 6.16 Å². The molecule has 1 rings (SSSR count). The van der Waals surface area contributed by atoms with Crippen LogP contribution in [0, 0.1) is 6.92 Å². The zero-order chi connectivity index (χ0) is 11.3. The first-order valence-electron chi connectivity index (χ1n) is 5.41. The lowest BCUT2D eigenvalue weighted by molar-refractivity contribution is 0.484. The molecule has 0 aliphatic heterocycles. The van der Waals surface area contributed by atoms with Crippen molar-refractivity contribution in [1.82, 2.24) is 0 Å². The van der Waals surface area contributed by atoms with Gasteiger partial charge in [-0.3, -0.25) is 0 Å². The van der Waals surface area contributed by atoms with Gasteiger partial charge in [0.05, 0.1) is 0 Å². The van der Waals surface area contributed by atoms with Crippen LogP contribution < -0.4 is 4.52 Å². The van der Waals surface area contributed by atoms with Gasteiger partial charge in [-0.25, -0.2) is 0 Å². The first-order chi connectivity index (χ1) is 7.17. The topological polar surface area (TPSA) is 29.5 Å². The van der Waals surface area contributed by atoms with Gasteiger partial charge in [0.1, 0.15) is 5.75 Å². The van der Waals surface area contributed by atoms with Crippen LogP contribution in [0.2, 0.25) is 0 Å². The average Bonchev–Trinajstić information content (AvgIpc) is 2.21. The van der Waals surface area contributed by atoms with Gasteiger partial charge in [-0.2, -0.15) is 0 Å². The standard InChI is InChI=1S/C12H19O2P/c1-4-8-15(13)14-12-7-6-10(3)11(5-2)9-12/h6-7,9,13H,4-5,8H2,1-3H3. The normalized spacial score (nSPS) is 12.5. The van der Waals surface area contributed by atoms with Crippen molar-refractivity contribution >= 4 is 8.38 Å². The fourth-order valence-corrected chi connectivity index (χ4v) is 2.27. The van der Waals surface area contributed by atoms with Gasteiger partial charge in [0, 0.05) is 6.16 Å². The van der Waals surface area contributed by atoms with E-state index in [2.05, 4.69) is 13.8 Å². The van der Waals surface area contributed by atoms with Crippen LogP contribution in [0.5, 0.6) is 5.75 Å². The molecule has 0 saturated carbocycles. The summed E-state index contributed by atoms with van der Waals surface area (Å²) in [6, 6.07) is 6.00. The zero-order valence-corrected chi connectivity index (χ0v) is 10.6. The molecule has 1 N–H and O–H groups in total. The Bertz CT molecular complexity index is 312. The summed E-state index contributed by atoms with van der Waals surface area (Å²) in [4.78, 5) is 9.58. The Morgan fingerprint density at radius 3 is 2.67 bits per heavy atom. The fraction of sp³-hybridized carbons (Fsp3) is 0.500. The van der Waals surface area contributed by atoms with Crippen molar-refractivity contribution in [2.24, 2.45) is 0 Å². The molecule has 1 atom stereocenters. The van der Waals surface area contributed by atoms with Crippen molar-refractivity contribution in [1.29, 1.82) is 0 Å². The van der Waals surface area contributed by atoms with Crippen LogP contribution in [0.25, 0.3) is 0 Å². The largest absolute Gasteiger partial charge is 0.447 e. The molecule has 15 heavy (non-hydrogen) atoms. The highest BCUT2D eigenvalue weighted by Gasteiger charge is 2.06. The van der Waals surface area contributed by atoms with Crippen LogP contribution in [0.1, 0.15) is 31.4 Å². The number of aryl methyl sites for hydroxylation is 2. The summed E-state index contributed by atoms with van der Waals surface area (Å²) in [5, 5.41) is 0. The Labute approximate surface area is 93.2 Å². The third kappa shape index (κ3) is 3.81. The number of hydrogen-bond donors (Lipinski definition) is 1. The molecule has 84 valence electrons. The van der Waals surface area contributed by atoms with Crippen molar-refractivity contribution in [3.8, 4) is 5.75 Å². The predicted octanol–water partition coefficient (Wildman–Crippen LogP) is 3.65. The molecule has 0 aliphatic rings. The van der Waals surface area contributed by atoms with Crippen molar-refractivity contribution in [3.63, 3.8) is 0 Å². The Balaban J connectivity index is 2.69. The second kappa shape index (κ2) is 6.09. The van der Waals surface area contributed by atoms with Crippen molar-refractivity contribution in [3.05, 3.63) is 29.3 Å². The highest BCUT2D eigenvalue weighted by molar-refractivity contribution is 7.46. The molecule has 0 amide bonds. The summed E-state index contributed by atoms with van der Waals surface area (Å²) >= 11 is 0. The summed E-state index contributed by atoms with van der Waals surface area (Å²) in [6.45, 7) is 6.26. The van der Waals surface area contributed by atoms with Crippen LogP contribution in [0.4, 0.5) is 0 Å². The Morgan fingerprint density at radius 1 is 1.33 bits per heavy atom. The zero-order valence-electron chi connectivity index (χ0n) is 9.66. The van der Waals surface area contributed by atoms with Gasteiger partial charge in [-0.1, -0.05) is 19.9 Å². The van der Waals surface area contributed by atoms with Crippen LogP contribution in [0.3, 0.4) is 0 Å². The van der Waals surface area contributed by atoms with Gasteiger partial charge in [0.15, 0.2) is 0 Å². The molecule has 0 saturated heterocycles. The molecule has 1 aromatic carbocycles. The van der Waals surface area contributed by atoms with Gasteiger partial charge in [0.2, 0.25) is 8.38 Å². The molecular formula is C12H19O2P. The molecule has 0 aromatic heterocycles. The molecule has 0 aliphatic carbocycles. The van der Waals surface area contributed by atoms with Gasteiger partial charge >= 0.3 is 0 Å². The van der Waals surface area contributed by atoms with Crippen LogP contribution >= 0.6 is 8.38 Å². The maximum Gasteiger partial charge on any atom is 0.227 e.